The molecule has 0 saturated carbocycles. The lowest BCUT2D eigenvalue weighted by atomic mass is 10.0. The van der Waals surface area contributed by atoms with E-state index in [2.05, 4.69) is 5.32 Å². The van der Waals surface area contributed by atoms with Gasteiger partial charge < -0.3 is 14.8 Å². The molecule has 0 bridgehead atoms. The number of methoxy groups -OCH3 is 2. The van der Waals surface area contributed by atoms with Crippen molar-refractivity contribution in [2.24, 2.45) is 0 Å². The van der Waals surface area contributed by atoms with Gasteiger partial charge in [0.05, 0.1) is 19.2 Å². The van der Waals surface area contributed by atoms with Crippen LogP contribution in [0.4, 0.5) is 0 Å². The number of carbonyl (C=O) groups excluding carboxylic acids is 2. The summed E-state index contributed by atoms with van der Waals surface area (Å²) in [5.41, 5.74) is 3.30. The molecule has 30 heavy (non-hydrogen) atoms. The number of carbonyl (C=O) groups is 2. The van der Waals surface area contributed by atoms with Gasteiger partial charge in [-0.25, -0.2) is 4.79 Å². The van der Waals surface area contributed by atoms with Crippen molar-refractivity contribution in [3.05, 3.63) is 88.9 Å². The van der Waals surface area contributed by atoms with Gasteiger partial charge in [-0.1, -0.05) is 60.1 Å². The molecule has 0 aliphatic carbocycles. The quantitative estimate of drug-likeness (QED) is 0.567. The number of hydrogen-bond donors (Lipinski definition) is 1. The van der Waals surface area contributed by atoms with E-state index in [1.807, 2.05) is 42.5 Å². The van der Waals surface area contributed by atoms with E-state index >= 15 is 0 Å². The highest BCUT2D eigenvalue weighted by atomic mass is 35.5. The van der Waals surface area contributed by atoms with E-state index in [-0.39, 0.29) is 12.3 Å². The predicted molar refractivity (Wildman–Crippen MR) is 117 cm³/mol. The molecular weight excluding hydrogens is 402 g/mol. The van der Waals surface area contributed by atoms with Crippen LogP contribution in [0.2, 0.25) is 5.02 Å². The predicted octanol–water partition coefficient (Wildman–Crippen LogP) is 4.53. The molecule has 1 amide bonds. The standard InChI is InChI=1S/C24H22ClNO4/c1-29-22-13-8-16(14-20(22)25)15-21(24(28)30-2)26-23(27)19-11-9-18(10-12-19)17-6-4-3-5-7-17/h3-14,21H,15H2,1-2H3,(H,26,27)/t21-/m1/s1. The van der Waals surface area contributed by atoms with Crippen LogP contribution in [0.5, 0.6) is 5.75 Å². The molecular formula is C24H22ClNO4. The van der Waals surface area contributed by atoms with E-state index < -0.39 is 12.0 Å². The molecule has 3 rings (SSSR count). The second-order valence-corrected chi connectivity index (χ2v) is 7.07. The first-order valence-electron chi connectivity index (χ1n) is 9.38. The third-order valence-corrected chi connectivity index (χ3v) is 5.00. The van der Waals surface area contributed by atoms with Crippen molar-refractivity contribution < 1.29 is 19.1 Å². The third kappa shape index (κ3) is 5.19. The van der Waals surface area contributed by atoms with E-state index in [9.17, 15) is 9.59 Å². The van der Waals surface area contributed by atoms with Crippen LogP contribution >= 0.6 is 11.6 Å². The monoisotopic (exact) mass is 423 g/mol. The molecule has 0 radical (unpaired) electrons. The zero-order valence-corrected chi connectivity index (χ0v) is 17.5. The van der Waals surface area contributed by atoms with Gasteiger partial charge in [0.25, 0.3) is 5.91 Å². The van der Waals surface area contributed by atoms with E-state index in [4.69, 9.17) is 21.1 Å². The number of amides is 1. The lowest BCUT2D eigenvalue weighted by molar-refractivity contribution is -0.142. The van der Waals surface area contributed by atoms with Crippen molar-refractivity contribution in [3.63, 3.8) is 0 Å². The molecule has 1 atom stereocenters. The van der Waals surface area contributed by atoms with E-state index in [1.54, 1.807) is 30.3 Å². The molecule has 1 N–H and O–H groups in total. The van der Waals surface area contributed by atoms with Crippen molar-refractivity contribution in [1.29, 1.82) is 0 Å². The van der Waals surface area contributed by atoms with Gasteiger partial charge in [-0.3, -0.25) is 4.79 Å². The Kier molecular flexibility index (Phi) is 7.09. The summed E-state index contributed by atoms with van der Waals surface area (Å²) in [5.74, 6) is -0.349. The number of benzene rings is 3. The molecule has 5 nitrogen and oxygen atoms in total. The molecule has 0 unspecified atom stereocenters. The minimum Gasteiger partial charge on any atom is -0.495 e. The smallest absolute Gasteiger partial charge is 0.328 e. The van der Waals surface area contributed by atoms with Gasteiger partial charge in [0, 0.05) is 12.0 Å². The van der Waals surface area contributed by atoms with Crippen molar-refractivity contribution in [3.8, 4) is 16.9 Å². The van der Waals surface area contributed by atoms with Gasteiger partial charge in [0.15, 0.2) is 0 Å². The SMILES string of the molecule is COC(=O)[C@@H](Cc1ccc(OC)c(Cl)c1)NC(=O)c1ccc(-c2ccccc2)cc1. The molecule has 0 fully saturated rings. The van der Waals surface area contributed by atoms with Gasteiger partial charge in [-0.2, -0.15) is 0 Å². The number of halogens is 1. The minimum atomic E-state index is -0.847. The highest BCUT2D eigenvalue weighted by molar-refractivity contribution is 6.32. The molecule has 0 spiro atoms. The van der Waals surface area contributed by atoms with Crippen LogP contribution in [-0.2, 0) is 16.0 Å². The fourth-order valence-corrected chi connectivity index (χ4v) is 3.37. The zero-order valence-electron chi connectivity index (χ0n) is 16.7. The molecule has 3 aromatic rings. The highest BCUT2D eigenvalue weighted by Gasteiger charge is 2.23. The number of nitrogens with one attached hydrogen (secondary N) is 1. The van der Waals surface area contributed by atoms with Crippen molar-refractivity contribution in [2.45, 2.75) is 12.5 Å². The molecule has 0 aliphatic heterocycles. The number of ether oxygens (including phenoxy) is 2. The number of hydrogen-bond acceptors (Lipinski definition) is 4. The van der Waals surface area contributed by atoms with Crippen LogP contribution in [0.25, 0.3) is 11.1 Å². The second kappa shape index (κ2) is 9.94. The summed E-state index contributed by atoms with van der Waals surface area (Å²) in [6, 6.07) is 21.5. The molecule has 0 aromatic heterocycles. The Morgan fingerprint density at radius 3 is 2.20 bits per heavy atom. The Balaban J connectivity index is 1.74. The second-order valence-electron chi connectivity index (χ2n) is 6.67. The average Bonchev–Trinajstić information content (AvgIpc) is 2.79. The molecule has 6 heteroatoms. The van der Waals surface area contributed by atoms with E-state index in [0.717, 1.165) is 16.7 Å². The topological polar surface area (TPSA) is 64.6 Å². The minimum absolute atomic E-state index is 0.240. The maximum atomic E-state index is 12.7. The summed E-state index contributed by atoms with van der Waals surface area (Å²) < 4.78 is 10.0. The van der Waals surface area contributed by atoms with Crippen LogP contribution in [0, 0.1) is 0 Å². The molecule has 0 saturated heterocycles. The normalized spacial score (nSPS) is 11.4. The lowest BCUT2D eigenvalue weighted by Crippen LogP contribution is -2.43. The Morgan fingerprint density at radius 2 is 1.60 bits per heavy atom. The summed E-state index contributed by atoms with van der Waals surface area (Å²) in [7, 11) is 2.82. The third-order valence-electron chi connectivity index (χ3n) is 4.70. The Bertz CT molecular complexity index is 1020. The van der Waals surface area contributed by atoms with E-state index in [1.165, 1.54) is 14.2 Å². The fraction of sp³-hybridized carbons (Fsp3) is 0.167. The van der Waals surface area contributed by atoms with Gasteiger partial charge in [0.1, 0.15) is 11.8 Å². The largest absolute Gasteiger partial charge is 0.495 e. The maximum absolute atomic E-state index is 12.7. The molecule has 0 heterocycles. The summed E-state index contributed by atoms with van der Waals surface area (Å²) >= 11 is 6.16. The fourth-order valence-electron chi connectivity index (χ4n) is 3.09. The average molecular weight is 424 g/mol. The number of esters is 1. The zero-order chi connectivity index (χ0) is 21.5. The van der Waals surface area contributed by atoms with Gasteiger partial charge in [-0.05, 0) is 41.0 Å². The highest BCUT2D eigenvalue weighted by Crippen LogP contribution is 2.25. The van der Waals surface area contributed by atoms with Crippen LogP contribution in [0.15, 0.2) is 72.8 Å². The van der Waals surface area contributed by atoms with Crippen LogP contribution in [0.1, 0.15) is 15.9 Å². The first-order valence-corrected chi connectivity index (χ1v) is 9.76. The first kappa shape index (κ1) is 21.4. The van der Waals surface area contributed by atoms with Crippen molar-refractivity contribution in [1.82, 2.24) is 5.32 Å². The maximum Gasteiger partial charge on any atom is 0.328 e. The van der Waals surface area contributed by atoms with Crippen molar-refractivity contribution >= 4 is 23.5 Å². The van der Waals surface area contributed by atoms with Gasteiger partial charge >= 0.3 is 5.97 Å². The summed E-state index contributed by atoms with van der Waals surface area (Å²) in [5, 5.41) is 3.18. The lowest BCUT2D eigenvalue weighted by Gasteiger charge is -2.17. The van der Waals surface area contributed by atoms with Crippen molar-refractivity contribution in [2.75, 3.05) is 14.2 Å². The van der Waals surface area contributed by atoms with E-state index in [0.29, 0.717) is 16.3 Å². The van der Waals surface area contributed by atoms with Crippen LogP contribution in [-0.4, -0.2) is 32.1 Å². The first-order chi connectivity index (χ1) is 14.5. The Morgan fingerprint density at radius 1 is 0.933 bits per heavy atom. The summed E-state index contributed by atoms with van der Waals surface area (Å²) in [6.45, 7) is 0. The van der Waals surface area contributed by atoms with Crippen LogP contribution < -0.4 is 10.1 Å². The molecule has 3 aromatic carbocycles. The number of rotatable bonds is 7. The Hall–Kier alpha value is -3.31. The van der Waals surface area contributed by atoms with Gasteiger partial charge in [-0.15, -0.1) is 0 Å². The summed E-state index contributed by atoms with van der Waals surface area (Å²) in [6.07, 6.45) is 0.240. The Labute approximate surface area is 180 Å². The molecule has 154 valence electrons. The van der Waals surface area contributed by atoms with Crippen LogP contribution in [0.3, 0.4) is 0 Å². The van der Waals surface area contributed by atoms with Gasteiger partial charge in [0.2, 0.25) is 0 Å². The summed E-state index contributed by atoms with van der Waals surface area (Å²) in [4.78, 5) is 25.0. The molecule has 0 aliphatic rings.